The zero-order chi connectivity index (χ0) is 18.9. The summed E-state index contributed by atoms with van der Waals surface area (Å²) in [6.07, 6.45) is 2.12. The van der Waals surface area contributed by atoms with E-state index in [1.54, 1.807) is 19.3 Å². The van der Waals surface area contributed by atoms with Crippen molar-refractivity contribution in [3.63, 3.8) is 0 Å². The molecule has 26 heavy (non-hydrogen) atoms. The van der Waals surface area contributed by atoms with Crippen LogP contribution in [0.2, 0.25) is 0 Å². The van der Waals surface area contributed by atoms with Crippen LogP contribution < -0.4 is 5.56 Å². The number of pyridine rings is 1. The average molecular weight is 378 g/mol. The van der Waals surface area contributed by atoms with Crippen molar-refractivity contribution in [3.8, 4) is 0 Å². The topological polar surface area (TPSA) is 76.5 Å². The fourth-order valence-electron chi connectivity index (χ4n) is 3.12. The minimum absolute atomic E-state index is 0.0786. The predicted molar refractivity (Wildman–Crippen MR) is 94.2 cm³/mol. The summed E-state index contributed by atoms with van der Waals surface area (Å²) in [6.45, 7) is 0.504. The smallest absolute Gasteiger partial charge is 0.263 e. The van der Waals surface area contributed by atoms with Crippen molar-refractivity contribution in [3.05, 3.63) is 64.3 Å². The van der Waals surface area contributed by atoms with Gasteiger partial charge < -0.3 is 9.47 Å². The van der Waals surface area contributed by atoms with Gasteiger partial charge in [-0.15, -0.1) is 0 Å². The quantitative estimate of drug-likeness (QED) is 0.761. The summed E-state index contributed by atoms with van der Waals surface area (Å²) < 4.78 is 39.7. The third-order valence-electron chi connectivity index (χ3n) is 4.66. The maximum absolute atomic E-state index is 13.0. The van der Waals surface area contributed by atoms with Crippen LogP contribution >= 0.6 is 0 Å². The van der Waals surface area contributed by atoms with Crippen LogP contribution in [0.15, 0.2) is 52.3 Å². The Hall–Kier alpha value is -2.48. The van der Waals surface area contributed by atoms with Gasteiger partial charge in [-0.05, 0) is 49.2 Å². The van der Waals surface area contributed by atoms with Gasteiger partial charge in [0.05, 0.1) is 10.1 Å². The zero-order valence-electron chi connectivity index (χ0n) is 14.3. The molecule has 0 radical (unpaired) electrons. The van der Waals surface area contributed by atoms with Crippen molar-refractivity contribution >= 4 is 15.7 Å². The zero-order valence-corrected chi connectivity index (χ0v) is 15.1. The molecule has 6 nitrogen and oxygen atoms in total. The monoisotopic (exact) mass is 378 g/mol. The number of carbonyl (C=O) groups excluding carboxylic acids is 1. The Labute approximate surface area is 150 Å². The van der Waals surface area contributed by atoms with Gasteiger partial charge in [-0.3, -0.25) is 9.59 Å². The number of likely N-dealkylation sites (tertiary alicyclic amines) is 1. The second-order valence-electron chi connectivity index (χ2n) is 6.33. The number of piperidine rings is 1. The van der Waals surface area contributed by atoms with E-state index in [4.69, 9.17) is 0 Å². The predicted octanol–water partition coefficient (Wildman–Crippen LogP) is 1.60. The molecule has 2 heterocycles. The van der Waals surface area contributed by atoms with Gasteiger partial charge in [0.25, 0.3) is 11.5 Å². The van der Waals surface area contributed by atoms with E-state index in [1.165, 1.54) is 27.7 Å². The molecular formula is C18H19FN2O4S. The maximum Gasteiger partial charge on any atom is 0.263 e. The molecule has 0 N–H and O–H groups in total. The SMILES string of the molecule is Cn1cccc(C(=O)N2CCC(S(=O)(=O)c3ccc(F)cc3)CC2)c1=O. The Bertz CT molecular complexity index is 975. The van der Waals surface area contributed by atoms with Crippen molar-refractivity contribution in [1.82, 2.24) is 9.47 Å². The first-order valence-corrected chi connectivity index (χ1v) is 9.79. The molecule has 8 heteroatoms. The number of aromatic nitrogens is 1. The summed E-state index contributed by atoms with van der Waals surface area (Å²) in [6, 6.07) is 7.87. The van der Waals surface area contributed by atoms with Crippen LogP contribution in [0.25, 0.3) is 0 Å². The van der Waals surface area contributed by atoms with Gasteiger partial charge in [0.2, 0.25) is 0 Å². The van der Waals surface area contributed by atoms with Crippen molar-refractivity contribution in [1.29, 1.82) is 0 Å². The number of nitrogens with zero attached hydrogens (tertiary/aromatic N) is 2. The van der Waals surface area contributed by atoms with E-state index >= 15 is 0 Å². The molecule has 0 atom stereocenters. The Balaban J connectivity index is 1.73. The number of aryl methyl sites for hydroxylation is 1. The lowest BCUT2D eigenvalue weighted by Crippen LogP contribution is -2.44. The van der Waals surface area contributed by atoms with E-state index in [0.717, 1.165) is 12.1 Å². The van der Waals surface area contributed by atoms with E-state index < -0.39 is 20.9 Å². The molecule has 1 aliphatic rings. The van der Waals surface area contributed by atoms with E-state index in [-0.39, 0.29) is 47.9 Å². The number of sulfone groups is 1. The first-order valence-electron chi connectivity index (χ1n) is 8.25. The minimum atomic E-state index is -3.58. The number of benzene rings is 1. The van der Waals surface area contributed by atoms with Crippen molar-refractivity contribution in [2.24, 2.45) is 7.05 Å². The van der Waals surface area contributed by atoms with Crippen LogP contribution in [0.4, 0.5) is 4.39 Å². The molecule has 1 fully saturated rings. The standard InChI is InChI=1S/C18H19FN2O4S/c1-20-10-2-3-16(17(20)22)18(23)21-11-8-15(9-12-21)26(24,25)14-6-4-13(19)5-7-14/h2-7,10,15H,8-9,11-12H2,1H3. The Morgan fingerprint density at radius 2 is 1.73 bits per heavy atom. The molecule has 1 saturated heterocycles. The summed E-state index contributed by atoms with van der Waals surface area (Å²) >= 11 is 0. The molecule has 1 aromatic heterocycles. The molecule has 1 amide bonds. The molecule has 0 bridgehead atoms. The number of hydrogen-bond acceptors (Lipinski definition) is 4. The fourth-order valence-corrected chi connectivity index (χ4v) is 4.85. The third kappa shape index (κ3) is 3.41. The minimum Gasteiger partial charge on any atom is -0.338 e. The van der Waals surface area contributed by atoms with Gasteiger partial charge in [0.15, 0.2) is 9.84 Å². The second-order valence-corrected chi connectivity index (χ2v) is 8.56. The molecule has 0 unspecified atom stereocenters. The van der Waals surface area contributed by atoms with Crippen LogP contribution in [0.3, 0.4) is 0 Å². The number of amides is 1. The van der Waals surface area contributed by atoms with Crippen molar-refractivity contribution in [2.75, 3.05) is 13.1 Å². The number of rotatable bonds is 3. The van der Waals surface area contributed by atoms with Gasteiger partial charge in [0, 0.05) is 26.3 Å². The molecule has 3 rings (SSSR count). The van der Waals surface area contributed by atoms with E-state index in [9.17, 15) is 22.4 Å². The lowest BCUT2D eigenvalue weighted by Gasteiger charge is -2.31. The highest BCUT2D eigenvalue weighted by Gasteiger charge is 2.33. The molecule has 138 valence electrons. The number of hydrogen-bond donors (Lipinski definition) is 0. The first kappa shape index (κ1) is 18.3. The highest BCUT2D eigenvalue weighted by Crippen LogP contribution is 2.25. The van der Waals surface area contributed by atoms with E-state index in [1.807, 2.05) is 0 Å². The first-order chi connectivity index (χ1) is 12.3. The fraction of sp³-hybridized carbons (Fsp3) is 0.333. The molecule has 0 saturated carbocycles. The summed E-state index contributed by atoms with van der Waals surface area (Å²) in [7, 11) is -2.01. The van der Waals surface area contributed by atoms with E-state index in [0.29, 0.717) is 0 Å². The van der Waals surface area contributed by atoms with Crippen molar-refractivity contribution in [2.45, 2.75) is 23.0 Å². The highest BCUT2D eigenvalue weighted by atomic mass is 32.2. The molecular weight excluding hydrogens is 359 g/mol. The summed E-state index contributed by atoms with van der Waals surface area (Å²) in [4.78, 5) is 26.2. The van der Waals surface area contributed by atoms with Crippen molar-refractivity contribution < 1.29 is 17.6 Å². The van der Waals surface area contributed by atoms with Gasteiger partial charge in [-0.2, -0.15) is 0 Å². The molecule has 2 aromatic rings. The van der Waals surface area contributed by atoms with Gasteiger partial charge in [0.1, 0.15) is 11.4 Å². The lowest BCUT2D eigenvalue weighted by molar-refractivity contribution is 0.0723. The van der Waals surface area contributed by atoms with Crippen LogP contribution in [-0.4, -0.2) is 42.1 Å². The highest BCUT2D eigenvalue weighted by molar-refractivity contribution is 7.92. The normalized spacial score (nSPS) is 15.8. The molecule has 0 aliphatic carbocycles. The van der Waals surface area contributed by atoms with Crippen LogP contribution in [0.5, 0.6) is 0 Å². The maximum atomic E-state index is 13.0. The van der Waals surface area contributed by atoms with Gasteiger partial charge >= 0.3 is 0 Å². The van der Waals surface area contributed by atoms with Crippen LogP contribution in [0.1, 0.15) is 23.2 Å². The molecule has 0 spiro atoms. The Morgan fingerprint density at radius 3 is 2.35 bits per heavy atom. The Morgan fingerprint density at radius 1 is 1.12 bits per heavy atom. The summed E-state index contributed by atoms with van der Waals surface area (Å²) in [5.41, 5.74) is -0.298. The van der Waals surface area contributed by atoms with Gasteiger partial charge in [-0.1, -0.05) is 0 Å². The molecule has 1 aromatic carbocycles. The second kappa shape index (κ2) is 7.03. The van der Waals surface area contributed by atoms with Crippen LogP contribution in [0, 0.1) is 5.82 Å². The number of halogens is 1. The van der Waals surface area contributed by atoms with E-state index in [2.05, 4.69) is 0 Å². The van der Waals surface area contributed by atoms with Crippen LogP contribution in [-0.2, 0) is 16.9 Å². The third-order valence-corrected chi connectivity index (χ3v) is 6.94. The summed E-state index contributed by atoms with van der Waals surface area (Å²) in [5, 5.41) is -0.629. The summed E-state index contributed by atoms with van der Waals surface area (Å²) in [5.74, 6) is -0.877. The average Bonchev–Trinajstić information content (AvgIpc) is 2.64. The number of carbonyl (C=O) groups is 1. The largest absolute Gasteiger partial charge is 0.338 e. The molecule has 1 aliphatic heterocycles. The Kier molecular flexibility index (Phi) is 4.95. The lowest BCUT2D eigenvalue weighted by atomic mass is 10.1. The van der Waals surface area contributed by atoms with Gasteiger partial charge in [-0.25, -0.2) is 12.8 Å².